The van der Waals surface area contributed by atoms with Crippen molar-refractivity contribution in [2.24, 2.45) is 0 Å². The van der Waals surface area contributed by atoms with Crippen molar-refractivity contribution >= 4 is 0 Å². The van der Waals surface area contributed by atoms with Crippen LogP contribution in [0.1, 0.15) is 31.0 Å². The fourth-order valence-corrected chi connectivity index (χ4v) is 2.29. The van der Waals surface area contributed by atoms with Crippen molar-refractivity contribution < 1.29 is 0 Å². The highest BCUT2D eigenvalue weighted by Gasteiger charge is 2.10. The molecule has 1 heteroatoms. The molecule has 1 unspecified atom stereocenters. The predicted molar refractivity (Wildman–Crippen MR) is 78.7 cm³/mol. The Hall–Kier alpha value is -1.60. The Morgan fingerprint density at radius 1 is 1.00 bits per heavy atom. The zero-order valence-electron chi connectivity index (χ0n) is 11.4. The number of aryl methyl sites for hydroxylation is 1. The van der Waals surface area contributed by atoms with E-state index in [-0.39, 0.29) is 0 Å². The van der Waals surface area contributed by atoms with E-state index >= 15 is 0 Å². The summed E-state index contributed by atoms with van der Waals surface area (Å²) in [5.41, 5.74) is 5.28. The molecule has 1 nitrogen and oxygen atoms in total. The van der Waals surface area contributed by atoms with Crippen LogP contribution < -0.4 is 5.32 Å². The van der Waals surface area contributed by atoms with Gasteiger partial charge >= 0.3 is 0 Å². The molecule has 0 fully saturated rings. The summed E-state index contributed by atoms with van der Waals surface area (Å²) in [5.74, 6) is 0. The lowest BCUT2D eigenvalue weighted by Crippen LogP contribution is -2.18. The third kappa shape index (κ3) is 2.80. The molecule has 0 radical (unpaired) electrons. The molecule has 0 amide bonds. The third-order valence-electron chi connectivity index (χ3n) is 3.30. The van der Waals surface area contributed by atoms with Gasteiger partial charge in [0.25, 0.3) is 0 Å². The van der Waals surface area contributed by atoms with Crippen LogP contribution in [0, 0.1) is 6.92 Å². The van der Waals surface area contributed by atoms with E-state index in [1.807, 2.05) is 0 Å². The second-order valence-corrected chi connectivity index (χ2v) is 4.73. The summed E-state index contributed by atoms with van der Waals surface area (Å²) in [6, 6.07) is 17.8. The monoisotopic (exact) mass is 239 g/mol. The van der Waals surface area contributed by atoms with Crippen LogP contribution in [0.25, 0.3) is 11.1 Å². The summed E-state index contributed by atoms with van der Waals surface area (Å²) in [4.78, 5) is 0. The maximum absolute atomic E-state index is 3.48. The molecule has 2 aromatic rings. The summed E-state index contributed by atoms with van der Waals surface area (Å²) in [6.45, 7) is 7.47. The van der Waals surface area contributed by atoms with Gasteiger partial charge < -0.3 is 5.32 Å². The summed E-state index contributed by atoms with van der Waals surface area (Å²) in [7, 11) is 0. The van der Waals surface area contributed by atoms with Gasteiger partial charge in [-0.15, -0.1) is 0 Å². The van der Waals surface area contributed by atoms with E-state index in [1.165, 1.54) is 22.3 Å². The molecule has 0 aliphatic carbocycles. The van der Waals surface area contributed by atoms with E-state index in [4.69, 9.17) is 0 Å². The Morgan fingerprint density at radius 3 is 2.33 bits per heavy atom. The van der Waals surface area contributed by atoms with Crippen LogP contribution in [0.4, 0.5) is 0 Å². The summed E-state index contributed by atoms with van der Waals surface area (Å²) >= 11 is 0. The van der Waals surface area contributed by atoms with Crippen LogP contribution >= 0.6 is 0 Å². The number of rotatable bonds is 4. The number of hydrogen-bond donors (Lipinski definition) is 1. The first-order chi connectivity index (χ1) is 8.72. The Kier molecular flexibility index (Phi) is 4.16. The zero-order valence-corrected chi connectivity index (χ0v) is 11.4. The molecule has 0 heterocycles. The first-order valence-corrected chi connectivity index (χ1v) is 6.61. The minimum atomic E-state index is 0.382. The van der Waals surface area contributed by atoms with E-state index in [1.54, 1.807) is 0 Å². The van der Waals surface area contributed by atoms with Crippen molar-refractivity contribution in [3.63, 3.8) is 0 Å². The van der Waals surface area contributed by atoms with Gasteiger partial charge in [-0.1, -0.05) is 61.0 Å². The van der Waals surface area contributed by atoms with Crippen LogP contribution in [0.3, 0.4) is 0 Å². The van der Waals surface area contributed by atoms with Crippen molar-refractivity contribution in [3.05, 3.63) is 59.7 Å². The van der Waals surface area contributed by atoms with Crippen molar-refractivity contribution in [3.8, 4) is 11.1 Å². The van der Waals surface area contributed by atoms with Crippen LogP contribution in [0.15, 0.2) is 48.5 Å². The normalized spacial score (nSPS) is 12.4. The van der Waals surface area contributed by atoms with E-state index in [9.17, 15) is 0 Å². The standard InChI is InChI=1S/C17H21N/c1-4-18-14(3)16-7-5-6-8-17(16)15-11-9-13(2)10-12-15/h5-12,14,18H,4H2,1-3H3. The van der Waals surface area contributed by atoms with Gasteiger partial charge in [0.05, 0.1) is 0 Å². The van der Waals surface area contributed by atoms with Gasteiger partial charge in [-0.25, -0.2) is 0 Å². The highest BCUT2D eigenvalue weighted by Crippen LogP contribution is 2.28. The Bertz CT molecular complexity index is 499. The average Bonchev–Trinajstić information content (AvgIpc) is 2.40. The van der Waals surface area contributed by atoms with Gasteiger partial charge in [0, 0.05) is 6.04 Å². The molecule has 0 aliphatic rings. The Labute approximate surface area is 110 Å². The van der Waals surface area contributed by atoms with Gasteiger partial charge in [0.2, 0.25) is 0 Å². The van der Waals surface area contributed by atoms with Gasteiger partial charge in [-0.2, -0.15) is 0 Å². The van der Waals surface area contributed by atoms with Crippen LogP contribution in [0.5, 0.6) is 0 Å². The molecule has 0 spiro atoms. The van der Waals surface area contributed by atoms with Crippen LogP contribution in [0.2, 0.25) is 0 Å². The summed E-state index contributed by atoms with van der Waals surface area (Å²) < 4.78 is 0. The highest BCUT2D eigenvalue weighted by molar-refractivity contribution is 5.68. The van der Waals surface area contributed by atoms with Crippen molar-refractivity contribution in [2.45, 2.75) is 26.8 Å². The molecular weight excluding hydrogens is 218 g/mol. The lowest BCUT2D eigenvalue weighted by molar-refractivity contribution is 0.599. The van der Waals surface area contributed by atoms with Gasteiger partial charge in [0.1, 0.15) is 0 Å². The van der Waals surface area contributed by atoms with E-state index in [0.29, 0.717) is 6.04 Å². The minimum absolute atomic E-state index is 0.382. The SMILES string of the molecule is CCNC(C)c1ccccc1-c1ccc(C)cc1. The Morgan fingerprint density at radius 2 is 1.67 bits per heavy atom. The lowest BCUT2D eigenvalue weighted by Gasteiger charge is -2.17. The molecule has 1 atom stereocenters. The van der Waals surface area contributed by atoms with E-state index < -0.39 is 0 Å². The predicted octanol–water partition coefficient (Wildman–Crippen LogP) is 4.33. The van der Waals surface area contributed by atoms with Gasteiger partial charge in [0.15, 0.2) is 0 Å². The topological polar surface area (TPSA) is 12.0 Å². The number of benzene rings is 2. The van der Waals surface area contributed by atoms with E-state index in [2.05, 4.69) is 74.6 Å². The number of nitrogens with one attached hydrogen (secondary N) is 1. The molecule has 0 aliphatic heterocycles. The molecule has 0 saturated heterocycles. The fourth-order valence-electron chi connectivity index (χ4n) is 2.29. The number of hydrogen-bond acceptors (Lipinski definition) is 1. The largest absolute Gasteiger partial charge is 0.310 e. The molecule has 2 aromatic carbocycles. The maximum atomic E-state index is 3.48. The molecular formula is C17H21N. The molecule has 0 saturated carbocycles. The highest BCUT2D eigenvalue weighted by atomic mass is 14.9. The lowest BCUT2D eigenvalue weighted by atomic mass is 9.95. The second kappa shape index (κ2) is 5.83. The minimum Gasteiger partial charge on any atom is -0.310 e. The quantitative estimate of drug-likeness (QED) is 0.837. The van der Waals surface area contributed by atoms with Crippen molar-refractivity contribution in [2.75, 3.05) is 6.54 Å². The first-order valence-electron chi connectivity index (χ1n) is 6.61. The first kappa shape index (κ1) is 12.8. The maximum Gasteiger partial charge on any atom is 0.0297 e. The van der Waals surface area contributed by atoms with Crippen LogP contribution in [-0.4, -0.2) is 6.54 Å². The molecule has 94 valence electrons. The molecule has 1 N–H and O–H groups in total. The Balaban J connectivity index is 2.41. The average molecular weight is 239 g/mol. The van der Waals surface area contributed by atoms with Crippen LogP contribution in [-0.2, 0) is 0 Å². The third-order valence-corrected chi connectivity index (χ3v) is 3.30. The molecule has 18 heavy (non-hydrogen) atoms. The van der Waals surface area contributed by atoms with Gasteiger partial charge in [-0.3, -0.25) is 0 Å². The van der Waals surface area contributed by atoms with Gasteiger partial charge in [-0.05, 0) is 37.1 Å². The molecule has 0 bridgehead atoms. The molecule has 0 aromatic heterocycles. The fraction of sp³-hybridized carbons (Fsp3) is 0.294. The summed E-state index contributed by atoms with van der Waals surface area (Å²) in [6.07, 6.45) is 0. The van der Waals surface area contributed by atoms with Crippen molar-refractivity contribution in [1.82, 2.24) is 5.32 Å². The molecule has 2 rings (SSSR count). The summed E-state index contributed by atoms with van der Waals surface area (Å²) in [5, 5.41) is 3.48. The second-order valence-electron chi connectivity index (χ2n) is 4.73. The van der Waals surface area contributed by atoms with E-state index in [0.717, 1.165) is 6.54 Å². The van der Waals surface area contributed by atoms with Crippen molar-refractivity contribution in [1.29, 1.82) is 0 Å². The zero-order chi connectivity index (χ0) is 13.0. The smallest absolute Gasteiger partial charge is 0.0297 e.